The van der Waals surface area contributed by atoms with E-state index in [0.717, 1.165) is 25.9 Å². The van der Waals surface area contributed by atoms with Crippen molar-refractivity contribution >= 4 is 29.1 Å². The Labute approximate surface area is 141 Å². The van der Waals surface area contributed by atoms with Crippen molar-refractivity contribution in [1.82, 2.24) is 9.88 Å². The summed E-state index contributed by atoms with van der Waals surface area (Å²) in [6, 6.07) is 1.84. The smallest absolute Gasteiger partial charge is 0.270 e. The Morgan fingerprint density at radius 2 is 2.14 bits per heavy atom. The summed E-state index contributed by atoms with van der Waals surface area (Å²) in [5, 5.41) is 0.699. The molecule has 2 unspecified atom stereocenters. The van der Waals surface area contributed by atoms with Crippen LogP contribution in [-0.4, -0.2) is 41.6 Å². The molecule has 2 saturated carbocycles. The van der Waals surface area contributed by atoms with Crippen molar-refractivity contribution in [2.45, 2.75) is 51.2 Å². The minimum Gasteiger partial charge on any atom is -0.378 e. The molecule has 1 aromatic heterocycles. The average molecular weight is 345 g/mol. The number of amides is 1. The number of hydrogen-bond donors (Lipinski definition) is 1. The average Bonchev–Trinajstić information content (AvgIpc) is 3.11. The molecule has 2 fully saturated rings. The van der Waals surface area contributed by atoms with Gasteiger partial charge in [0, 0.05) is 25.1 Å². The van der Waals surface area contributed by atoms with Crippen LogP contribution in [0.2, 0.25) is 10.2 Å². The van der Waals surface area contributed by atoms with Gasteiger partial charge in [0.05, 0.1) is 11.1 Å². The van der Waals surface area contributed by atoms with Crippen molar-refractivity contribution in [2.24, 2.45) is 5.41 Å². The van der Waals surface area contributed by atoms with E-state index >= 15 is 0 Å². The van der Waals surface area contributed by atoms with E-state index in [2.05, 4.69) is 4.98 Å². The highest BCUT2D eigenvalue weighted by Crippen LogP contribution is 2.56. The Kier molecular flexibility index (Phi) is 4.45. The van der Waals surface area contributed by atoms with E-state index in [1.165, 1.54) is 12.8 Å². The Hall–Kier alpha value is -0.710. The van der Waals surface area contributed by atoms with Crippen LogP contribution in [0.5, 0.6) is 0 Å². The second kappa shape index (κ2) is 6.06. The third-order valence-electron chi connectivity index (χ3n) is 5.39. The lowest BCUT2D eigenvalue weighted by molar-refractivity contribution is -0.152. The van der Waals surface area contributed by atoms with Crippen molar-refractivity contribution in [1.29, 1.82) is 0 Å². The predicted octanol–water partition coefficient (Wildman–Crippen LogP) is 4.13. The number of aromatic amines is 1. The number of H-pyrrole nitrogens is 1. The summed E-state index contributed by atoms with van der Waals surface area (Å²) in [5.41, 5.74) is 0.589. The van der Waals surface area contributed by atoms with Gasteiger partial charge in [-0.25, -0.2) is 0 Å². The maximum atomic E-state index is 12.7. The van der Waals surface area contributed by atoms with Crippen LogP contribution in [0.3, 0.4) is 0 Å². The number of halogens is 2. The second-order valence-corrected chi connectivity index (χ2v) is 7.18. The highest BCUT2D eigenvalue weighted by molar-refractivity contribution is 6.41. The lowest BCUT2D eigenvalue weighted by Gasteiger charge is -2.56. The number of nitrogens with one attached hydrogen (secondary N) is 1. The first kappa shape index (κ1) is 16.2. The standard InChI is InChI=1S/C16H22Cl2N2O2/c1-3-22-13-9-12(16(13)6-4-5-7-16)20(2)15(21)11-8-10(17)14(18)19-11/h8,12-13,19H,3-7,9H2,1-2H3. The highest BCUT2D eigenvalue weighted by Gasteiger charge is 2.58. The van der Waals surface area contributed by atoms with Crippen LogP contribution in [0.25, 0.3) is 0 Å². The summed E-state index contributed by atoms with van der Waals surface area (Å²) < 4.78 is 5.92. The van der Waals surface area contributed by atoms with Crippen molar-refractivity contribution in [2.75, 3.05) is 13.7 Å². The van der Waals surface area contributed by atoms with Gasteiger partial charge >= 0.3 is 0 Å². The molecule has 0 bridgehead atoms. The molecule has 1 N–H and O–H groups in total. The number of carbonyl (C=O) groups is 1. The molecule has 22 heavy (non-hydrogen) atoms. The van der Waals surface area contributed by atoms with Gasteiger partial charge in [0.15, 0.2) is 0 Å². The third kappa shape index (κ3) is 2.45. The van der Waals surface area contributed by atoms with Gasteiger partial charge in [-0.1, -0.05) is 36.0 Å². The predicted molar refractivity (Wildman–Crippen MR) is 87.6 cm³/mol. The summed E-state index contributed by atoms with van der Waals surface area (Å²) in [6.07, 6.45) is 5.94. The number of rotatable bonds is 4. The molecule has 1 spiro atoms. The first-order valence-electron chi connectivity index (χ1n) is 7.92. The molecule has 4 nitrogen and oxygen atoms in total. The number of carbonyl (C=O) groups excluding carboxylic acids is 1. The molecule has 2 aliphatic carbocycles. The van der Waals surface area contributed by atoms with E-state index in [4.69, 9.17) is 27.9 Å². The van der Waals surface area contributed by atoms with E-state index in [1.807, 2.05) is 18.9 Å². The Morgan fingerprint density at radius 3 is 2.68 bits per heavy atom. The fourth-order valence-electron chi connectivity index (χ4n) is 4.24. The molecule has 122 valence electrons. The van der Waals surface area contributed by atoms with Crippen LogP contribution < -0.4 is 0 Å². The molecule has 1 heterocycles. The number of ether oxygens (including phenoxy) is 1. The van der Waals surface area contributed by atoms with Crippen molar-refractivity contribution in [3.8, 4) is 0 Å². The fourth-order valence-corrected chi connectivity index (χ4v) is 4.56. The van der Waals surface area contributed by atoms with Gasteiger partial charge < -0.3 is 14.6 Å². The van der Waals surface area contributed by atoms with E-state index < -0.39 is 0 Å². The van der Waals surface area contributed by atoms with Crippen LogP contribution in [0.4, 0.5) is 0 Å². The van der Waals surface area contributed by atoms with Gasteiger partial charge in [0.1, 0.15) is 10.8 Å². The monoisotopic (exact) mass is 344 g/mol. The molecule has 0 aliphatic heterocycles. The van der Waals surface area contributed by atoms with Gasteiger partial charge in [-0.15, -0.1) is 0 Å². The number of hydrogen-bond acceptors (Lipinski definition) is 2. The molecule has 0 saturated heterocycles. The van der Waals surface area contributed by atoms with Crippen molar-refractivity contribution in [3.05, 3.63) is 21.9 Å². The topological polar surface area (TPSA) is 45.3 Å². The zero-order valence-corrected chi connectivity index (χ0v) is 14.5. The Morgan fingerprint density at radius 1 is 1.45 bits per heavy atom. The summed E-state index contributed by atoms with van der Waals surface area (Å²) in [6.45, 7) is 2.77. The van der Waals surface area contributed by atoms with E-state index in [1.54, 1.807) is 6.07 Å². The molecular weight excluding hydrogens is 323 g/mol. The lowest BCUT2D eigenvalue weighted by atomic mass is 9.60. The Bertz CT molecular complexity index is 547. The molecule has 0 radical (unpaired) electrons. The van der Waals surface area contributed by atoms with Gasteiger partial charge in [-0.3, -0.25) is 4.79 Å². The van der Waals surface area contributed by atoms with Gasteiger partial charge in [-0.2, -0.15) is 0 Å². The largest absolute Gasteiger partial charge is 0.378 e. The SMILES string of the molecule is CCOC1CC(N(C)C(=O)c2cc(Cl)c(Cl)[nH]2)C12CCCC2. The summed E-state index contributed by atoms with van der Waals surface area (Å²) in [7, 11) is 1.87. The fraction of sp³-hybridized carbons (Fsp3) is 0.688. The van der Waals surface area contributed by atoms with Gasteiger partial charge in [-0.05, 0) is 32.3 Å². The quantitative estimate of drug-likeness (QED) is 0.892. The molecule has 0 aromatic carbocycles. The summed E-state index contributed by atoms with van der Waals surface area (Å²) in [5.74, 6) is -0.0555. The van der Waals surface area contributed by atoms with Crippen molar-refractivity contribution in [3.63, 3.8) is 0 Å². The van der Waals surface area contributed by atoms with Crippen LogP contribution in [0, 0.1) is 5.41 Å². The van der Waals surface area contributed by atoms with Gasteiger partial charge in [0.2, 0.25) is 0 Å². The van der Waals surface area contributed by atoms with Crippen LogP contribution in [0.15, 0.2) is 6.07 Å². The molecule has 1 aromatic rings. The first-order valence-corrected chi connectivity index (χ1v) is 8.68. The molecule has 2 aliphatic rings. The van der Waals surface area contributed by atoms with Crippen LogP contribution >= 0.6 is 23.2 Å². The zero-order chi connectivity index (χ0) is 15.9. The molecule has 2 atom stereocenters. The minimum atomic E-state index is -0.0555. The van der Waals surface area contributed by atoms with E-state index in [9.17, 15) is 4.79 Å². The lowest BCUT2D eigenvalue weighted by Crippen LogP contribution is -2.64. The number of nitrogens with zero attached hydrogens (tertiary/aromatic N) is 1. The summed E-state index contributed by atoms with van der Waals surface area (Å²) >= 11 is 11.8. The summed E-state index contributed by atoms with van der Waals surface area (Å²) in [4.78, 5) is 17.4. The first-order chi connectivity index (χ1) is 10.5. The third-order valence-corrected chi connectivity index (χ3v) is 6.08. The molecule has 1 amide bonds. The normalized spacial score (nSPS) is 26.2. The van der Waals surface area contributed by atoms with Crippen LogP contribution in [0.1, 0.15) is 49.5 Å². The number of aromatic nitrogens is 1. The van der Waals surface area contributed by atoms with E-state index in [0.29, 0.717) is 15.9 Å². The molecule has 6 heteroatoms. The van der Waals surface area contributed by atoms with Crippen LogP contribution in [-0.2, 0) is 4.74 Å². The van der Waals surface area contributed by atoms with Gasteiger partial charge in [0.25, 0.3) is 5.91 Å². The molecule has 3 rings (SSSR count). The Balaban J connectivity index is 1.77. The zero-order valence-electron chi connectivity index (χ0n) is 13.0. The maximum Gasteiger partial charge on any atom is 0.270 e. The highest BCUT2D eigenvalue weighted by atomic mass is 35.5. The second-order valence-electron chi connectivity index (χ2n) is 6.40. The van der Waals surface area contributed by atoms with E-state index in [-0.39, 0.29) is 23.5 Å². The maximum absolute atomic E-state index is 12.7. The molecular formula is C16H22Cl2N2O2. The van der Waals surface area contributed by atoms with Crippen molar-refractivity contribution < 1.29 is 9.53 Å². The minimum absolute atomic E-state index is 0.0555.